The molecule has 0 aliphatic carbocycles. The number of benzene rings is 2. The number of esters is 3. The summed E-state index contributed by atoms with van der Waals surface area (Å²) in [6.07, 6.45) is 0.0791. The third-order valence-electron chi connectivity index (χ3n) is 4.56. The van der Waals surface area contributed by atoms with Crippen LogP contribution in [-0.2, 0) is 28.6 Å². The van der Waals surface area contributed by atoms with E-state index in [1.807, 2.05) is 6.07 Å². The Bertz CT molecular complexity index is 1210. The van der Waals surface area contributed by atoms with Crippen LogP contribution >= 0.6 is 0 Å². The predicted molar refractivity (Wildman–Crippen MR) is 129 cm³/mol. The van der Waals surface area contributed by atoms with Crippen LogP contribution in [0.1, 0.15) is 37.8 Å². The van der Waals surface area contributed by atoms with Crippen molar-refractivity contribution in [1.29, 1.82) is 5.26 Å². The van der Waals surface area contributed by atoms with E-state index in [0.717, 1.165) is 6.08 Å². The minimum Gasteiger partial charge on any atom is -0.455 e. The summed E-state index contributed by atoms with van der Waals surface area (Å²) in [5.41, 5.74) is 0.663. The lowest BCUT2D eigenvalue weighted by atomic mass is 10.2. The molecule has 0 spiro atoms. The van der Waals surface area contributed by atoms with E-state index in [1.54, 1.807) is 31.2 Å². The van der Waals surface area contributed by atoms with Gasteiger partial charge in [0.2, 0.25) is 12.6 Å². The van der Waals surface area contributed by atoms with Gasteiger partial charge in [0.1, 0.15) is 5.75 Å². The summed E-state index contributed by atoms with van der Waals surface area (Å²) >= 11 is 0. The molecule has 2 atom stereocenters. The number of hydrogen-bond acceptors (Lipinski definition) is 10. The van der Waals surface area contributed by atoms with E-state index in [9.17, 15) is 24.5 Å². The number of nitrogens with zero attached hydrogens (tertiary/aromatic N) is 2. The van der Waals surface area contributed by atoms with Gasteiger partial charge in [-0.2, -0.15) is 5.26 Å². The number of ether oxygens (including phenoxy) is 4. The maximum Gasteiger partial charge on any atom is 0.337 e. The second kappa shape index (κ2) is 13.8. The minimum absolute atomic E-state index is 0.0894. The molecule has 0 radical (unpaired) electrons. The average Bonchev–Trinajstić information content (AvgIpc) is 2.87. The number of carbonyl (C=O) groups excluding carboxylic acids is 3. The molecule has 0 heterocycles. The zero-order valence-corrected chi connectivity index (χ0v) is 20.1. The van der Waals surface area contributed by atoms with Gasteiger partial charge in [0, 0.05) is 37.1 Å². The second-order valence-electron chi connectivity index (χ2n) is 7.45. The molecular weight excluding hydrogens is 484 g/mol. The molecule has 2 unspecified atom stereocenters. The zero-order valence-electron chi connectivity index (χ0n) is 20.1. The second-order valence-corrected chi connectivity index (χ2v) is 7.45. The Balaban J connectivity index is 1.78. The molecule has 0 bridgehead atoms. The van der Waals surface area contributed by atoms with Crippen molar-refractivity contribution < 1.29 is 38.3 Å². The molecule has 0 saturated heterocycles. The van der Waals surface area contributed by atoms with Gasteiger partial charge in [-0.1, -0.05) is 13.5 Å². The maximum atomic E-state index is 12.2. The van der Waals surface area contributed by atoms with E-state index in [2.05, 4.69) is 6.58 Å². The van der Waals surface area contributed by atoms with Crippen molar-refractivity contribution in [3.63, 3.8) is 0 Å². The van der Waals surface area contributed by atoms with Gasteiger partial charge in [-0.25, -0.2) is 9.59 Å². The first-order valence-corrected chi connectivity index (χ1v) is 11.0. The van der Waals surface area contributed by atoms with Crippen LogP contribution in [0, 0.1) is 21.4 Å². The van der Waals surface area contributed by atoms with Crippen LogP contribution in [0.4, 0.5) is 5.69 Å². The number of non-ortho nitro benzene ring substituents is 1. The third kappa shape index (κ3) is 9.65. The molecule has 11 heteroatoms. The summed E-state index contributed by atoms with van der Waals surface area (Å²) in [4.78, 5) is 46.5. The van der Waals surface area contributed by atoms with Crippen LogP contribution < -0.4 is 4.74 Å². The van der Waals surface area contributed by atoms with E-state index < -0.39 is 41.8 Å². The first kappa shape index (κ1) is 28.3. The van der Waals surface area contributed by atoms with E-state index in [4.69, 9.17) is 24.2 Å². The van der Waals surface area contributed by atoms with Gasteiger partial charge in [0.25, 0.3) is 5.69 Å². The molecule has 0 aliphatic rings. The highest BCUT2D eigenvalue weighted by molar-refractivity contribution is 5.93. The molecule has 2 aromatic carbocycles. The standard InChI is InChI=1S/C26H24N2O9/c1-4-25(36-22-12-7-20(16-27)8-13-22)37-24(30)15-17(2)26(31)35-18(3)34-23(29)14-9-19-5-10-21(11-6-19)28(32)33/h5-14,18,25H,2,4,15H2,1,3H3/b14-9+. The van der Waals surface area contributed by atoms with Crippen LogP contribution in [0.3, 0.4) is 0 Å². The third-order valence-corrected chi connectivity index (χ3v) is 4.56. The van der Waals surface area contributed by atoms with Crippen molar-refractivity contribution in [2.24, 2.45) is 0 Å². The van der Waals surface area contributed by atoms with Crippen LogP contribution in [-0.4, -0.2) is 35.4 Å². The quantitative estimate of drug-likeness (QED) is 0.134. The summed E-state index contributed by atoms with van der Waals surface area (Å²) in [5, 5.41) is 19.5. The van der Waals surface area contributed by atoms with Crippen LogP contribution in [0.15, 0.2) is 66.8 Å². The van der Waals surface area contributed by atoms with Crippen molar-refractivity contribution in [2.75, 3.05) is 0 Å². The van der Waals surface area contributed by atoms with E-state index in [-0.39, 0.29) is 11.3 Å². The van der Waals surface area contributed by atoms with Gasteiger partial charge < -0.3 is 18.9 Å². The van der Waals surface area contributed by atoms with Gasteiger partial charge in [0.05, 0.1) is 23.0 Å². The lowest BCUT2D eigenvalue weighted by Gasteiger charge is -2.18. The lowest BCUT2D eigenvalue weighted by molar-refractivity contribution is -0.384. The Hall–Kier alpha value is -4.98. The van der Waals surface area contributed by atoms with Crippen LogP contribution in [0.2, 0.25) is 0 Å². The first-order valence-electron chi connectivity index (χ1n) is 11.0. The maximum absolute atomic E-state index is 12.2. The highest BCUT2D eigenvalue weighted by Crippen LogP contribution is 2.17. The number of nitriles is 1. The fraction of sp³-hybridized carbons (Fsp3) is 0.231. The molecule has 0 fully saturated rings. The highest BCUT2D eigenvalue weighted by atomic mass is 16.7. The van der Waals surface area contributed by atoms with Crippen LogP contribution in [0.5, 0.6) is 5.75 Å². The fourth-order valence-electron chi connectivity index (χ4n) is 2.72. The normalized spacial score (nSPS) is 12.0. The number of nitro benzene ring substituents is 1. The summed E-state index contributed by atoms with van der Waals surface area (Å²) in [6.45, 7) is 6.55. The Labute approximate surface area is 212 Å². The summed E-state index contributed by atoms with van der Waals surface area (Å²) < 4.78 is 20.7. The van der Waals surface area contributed by atoms with Gasteiger partial charge in [-0.05, 0) is 48.0 Å². The van der Waals surface area contributed by atoms with Crippen molar-refractivity contribution in [3.8, 4) is 11.8 Å². The lowest BCUT2D eigenvalue weighted by Crippen LogP contribution is -2.26. The largest absolute Gasteiger partial charge is 0.455 e. The van der Waals surface area contributed by atoms with Crippen LogP contribution in [0.25, 0.3) is 6.08 Å². The molecule has 2 rings (SSSR count). The van der Waals surface area contributed by atoms with Crippen molar-refractivity contribution in [3.05, 3.63) is 88.0 Å². The Kier molecular flexibility index (Phi) is 10.5. The zero-order chi connectivity index (χ0) is 27.4. The van der Waals surface area contributed by atoms with Crippen molar-refractivity contribution in [2.45, 2.75) is 39.3 Å². The topological polar surface area (TPSA) is 155 Å². The molecule has 0 N–H and O–H groups in total. The van der Waals surface area contributed by atoms with Crippen molar-refractivity contribution >= 4 is 29.7 Å². The molecule has 0 aromatic heterocycles. The van der Waals surface area contributed by atoms with E-state index >= 15 is 0 Å². The first-order chi connectivity index (χ1) is 17.6. The Morgan fingerprint density at radius 2 is 1.73 bits per heavy atom. The molecule has 192 valence electrons. The fourth-order valence-corrected chi connectivity index (χ4v) is 2.72. The van der Waals surface area contributed by atoms with Gasteiger partial charge in [-0.15, -0.1) is 0 Å². The van der Waals surface area contributed by atoms with Gasteiger partial charge in [-0.3, -0.25) is 14.9 Å². The molecule has 37 heavy (non-hydrogen) atoms. The number of rotatable bonds is 12. The highest BCUT2D eigenvalue weighted by Gasteiger charge is 2.21. The van der Waals surface area contributed by atoms with Gasteiger partial charge in [0.15, 0.2) is 0 Å². The molecule has 11 nitrogen and oxygen atoms in total. The SMILES string of the molecule is C=C(CC(=O)OC(CC)Oc1ccc(C#N)cc1)C(=O)OC(C)OC(=O)/C=C/c1ccc([N+](=O)[O-])cc1. The predicted octanol–water partition coefficient (Wildman–Crippen LogP) is 4.22. The Morgan fingerprint density at radius 3 is 2.30 bits per heavy atom. The van der Waals surface area contributed by atoms with Crippen molar-refractivity contribution in [1.82, 2.24) is 0 Å². The number of hydrogen-bond donors (Lipinski definition) is 0. The summed E-state index contributed by atoms with van der Waals surface area (Å²) in [5.74, 6) is -2.17. The summed E-state index contributed by atoms with van der Waals surface area (Å²) in [7, 11) is 0. The molecule has 0 saturated carbocycles. The number of carbonyl (C=O) groups is 3. The van der Waals surface area contributed by atoms with E-state index in [0.29, 0.717) is 23.3 Å². The number of nitro groups is 1. The molecule has 0 aliphatic heterocycles. The summed E-state index contributed by atoms with van der Waals surface area (Å²) in [6, 6.07) is 13.7. The molecule has 2 aromatic rings. The molecular formula is C26H24N2O9. The van der Waals surface area contributed by atoms with Gasteiger partial charge >= 0.3 is 17.9 Å². The minimum atomic E-state index is -1.28. The van der Waals surface area contributed by atoms with E-state index in [1.165, 1.54) is 37.3 Å². The monoisotopic (exact) mass is 508 g/mol. The smallest absolute Gasteiger partial charge is 0.337 e. The average molecular weight is 508 g/mol. The Morgan fingerprint density at radius 1 is 1.08 bits per heavy atom. The molecule has 0 amide bonds.